The quantitative estimate of drug-likeness (QED) is 0.874. The highest BCUT2D eigenvalue weighted by Crippen LogP contribution is 2.32. The van der Waals surface area contributed by atoms with Crippen LogP contribution in [-0.4, -0.2) is 49.4 Å². The van der Waals surface area contributed by atoms with E-state index < -0.39 is 0 Å². The highest BCUT2D eigenvalue weighted by Gasteiger charge is 2.37. The van der Waals surface area contributed by atoms with Crippen LogP contribution in [0.15, 0.2) is 28.7 Å². The van der Waals surface area contributed by atoms with Crippen LogP contribution in [-0.2, 0) is 6.54 Å². The molecular weight excluding hydrogens is 361 g/mol. The number of benzene rings is 1. The van der Waals surface area contributed by atoms with Crippen LogP contribution in [0.25, 0.3) is 11.0 Å². The van der Waals surface area contributed by atoms with Crippen LogP contribution in [0.5, 0.6) is 0 Å². The predicted molar refractivity (Wildman–Crippen MR) is 106 cm³/mol. The van der Waals surface area contributed by atoms with E-state index >= 15 is 0 Å². The van der Waals surface area contributed by atoms with E-state index in [2.05, 4.69) is 11.8 Å². The van der Waals surface area contributed by atoms with Crippen molar-refractivity contribution in [2.75, 3.05) is 33.7 Å². The highest BCUT2D eigenvalue weighted by molar-refractivity contribution is 5.99. The topological polar surface area (TPSA) is 62.7 Å². The van der Waals surface area contributed by atoms with Crippen molar-refractivity contribution >= 4 is 41.7 Å². The first-order chi connectivity index (χ1) is 10.9. The Kier molecular flexibility index (Phi) is 7.32. The molecule has 1 aliphatic heterocycles. The molecule has 1 atom stereocenters. The summed E-state index contributed by atoms with van der Waals surface area (Å²) in [6, 6.07) is 7.84. The van der Waals surface area contributed by atoms with Gasteiger partial charge in [-0.1, -0.05) is 25.1 Å². The van der Waals surface area contributed by atoms with Gasteiger partial charge in [-0.2, -0.15) is 0 Å². The Morgan fingerprint density at radius 2 is 2.00 bits per heavy atom. The van der Waals surface area contributed by atoms with Gasteiger partial charge in [-0.3, -0.25) is 4.79 Å². The summed E-state index contributed by atoms with van der Waals surface area (Å²) in [5, 5.41) is 1.02. The van der Waals surface area contributed by atoms with Crippen molar-refractivity contribution in [2.24, 2.45) is 11.1 Å². The standard InChI is InChI=1S/C18H25N3O2.2ClH/c1-18(11-19)8-9-21(12-18)17(22)16-14(10-20(2)3)13-6-4-5-7-15(13)23-16;;/h4-7H,8-12,19H2,1-3H3;2*1H. The van der Waals surface area contributed by atoms with Gasteiger partial charge in [-0.25, -0.2) is 0 Å². The number of rotatable bonds is 4. The second-order valence-corrected chi connectivity index (χ2v) is 7.14. The molecule has 0 bridgehead atoms. The van der Waals surface area contributed by atoms with Crippen LogP contribution in [0.1, 0.15) is 29.5 Å². The Balaban J connectivity index is 0.00000156. The van der Waals surface area contributed by atoms with Gasteiger partial charge in [-0.15, -0.1) is 24.8 Å². The summed E-state index contributed by atoms with van der Waals surface area (Å²) in [5.74, 6) is 0.455. The Morgan fingerprint density at radius 1 is 1.32 bits per heavy atom. The van der Waals surface area contributed by atoms with Crippen LogP contribution in [0, 0.1) is 5.41 Å². The van der Waals surface area contributed by atoms with Crippen molar-refractivity contribution in [3.05, 3.63) is 35.6 Å². The molecule has 2 aromatic rings. The molecule has 1 unspecified atom stereocenters. The third kappa shape index (κ3) is 4.29. The normalized spacial score (nSPS) is 19.8. The molecule has 1 amide bonds. The largest absolute Gasteiger partial charge is 0.451 e. The van der Waals surface area contributed by atoms with E-state index in [-0.39, 0.29) is 36.1 Å². The van der Waals surface area contributed by atoms with Gasteiger partial charge in [0.25, 0.3) is 5.91 Å². The molecule has 1 aliphatic rings. The number of furan rings is 1. The first kappa shape index (κ1) is 21.8. The zero-order valence-corrected chi connectivity index (χ0v) is 16.6. The Labute approximate surface area is 161 Å². The molecule has 2 N–H and O–H groups in total. The lowest BCUT2D eigenvalue weighted by Crippen LogP contribution is -2.34. The Hall–Kier alpha value is -1.27. The van der Waals surface area contributed by atoms with Gasteiger partial charge in [0, 0.05) is 30.6 Å². The van der Waals surface area contributed by atoms with E-state index in [0.717, 1.165) is 29.5 Å². The minimum Gasteiger partial charge on any atom is -0.451 e. The van der Waals surface area contributed by atoms with Crippen molar-refractivity contribution in [3.8, 4) is 0 Å². The highest BCUT2D eigenvalue weighted by atomic mass is 35.5. The summed E-state index contributed by atoms with van der Waals surface area (Å²) in [6.07, 6.45) is 0.943. The summed E-state index contributed by atoms with van der Waals surface area (Å²) in [5.41, 5.74) is 7.62. The number of hydrogen-bond donors (Lipinski definition) is 1. The zero-order valence-electron chi connectivity index (χ0n) is 14.9. The van der Waals surface area contributed by atoms with Crippen molar-refractivity contribution in [1.82, 2.24) is 9.80 Å². The molecule has 2 heterocycles. The minimum absolute atomic E-state index is 0. The second-order valence-electron chi connectivity index (χ2n) is 7.14. The third-order valence-corrected chi connectivity index (χ3v) is 4.70. The number of nitrogens with zero attached hydrogens (tertiary/aromatic N) is 2. The molecule has 5 nitrogen and oxygen atoms in total. The average molecular weight is 388 g/mol. The monoisotopic (exact) mass is 387 g/mol. The van der Waals surface area contributed by atoms with E-state index in [1.165, 1.54) is 0 Å². The Bertz CT molecular complexity index is 732. The van der Waals surface area contributed by atoms with Gasteiger partial charge in [0.15, 0.2) is 5.76 Å². The maximum absolute atomic E-state index is 13.0. The van der Waals surface area contributed by atoms with Crippen molar-refractivity contribution < 1.29 is 9.21 Å². The summed E-state index contributed by atoms with van der Waals surface area (Å²) in [7, 11) is 3.99. The van der Waals surface area contributed by atoms with Gasteiger partial charge in [0.1, 0.15) is 5.58 Å². The van der Waals surface area contributed by atoms with E-state index in [1.54, 1.807) is 0 Å². The summed E-state index contributed by atoms with van der Waals surface area (Å²) < 4.78 is 5.93. The molecule has 7 heteroatoms. The first-order valence-electron chi connectivity index (χ1n) is 8.08. The summed E-state index contributed by atoms with van der Waals surface area (Å²) in [4.78, 5) is 16.9. The average Bonchev–Trinajstić information content (AvgIpc) is 3.09. The summed E-state index contributed by atoms with van der Waals surface area (Å²) >= 11 is 0. The number of carbonyl (C=O) groups is 1. The first-order valence-corrected chi connectivity index (χ1v) is 8.08. The molecule has 25 heavy (non-hydrogen) atoms. The molecule has 0 aliphatic carbocycles. The van der Waals surface area contributed by atoms with Crippen molar-refractivity contribution in [1.29, 1.82) is 0 Å². The van der Waals surface area contributed by atoms with Gasteiger partial charge in [0.2, 0.25) is 0 Å². The SMILES string of the molecule is CN(C)Cc1c(C(=O)N2CCC(C)(CN)C2)oc2ccccc12.Cl.Cl. The fourth-order valence-electron chi connectivity index (χ4n) is 3.25. The van der Waals surface area contributed by atoms with Gasteiger partial charge in [0.05, 0.1) is 0 Å². The third-order valence-electron chi connectivity index (χ3n) is 4.70. The number of likely N-dealkylation sites (tertiary alicyclic amines) is 1. The number of fused-ring (bicyclic) bond motifs is 1. The molecule has 140 valence electrons. The number of nitrogens with two attached hydrogens (primary N) is 1. The maximum Gasteiger partial charge on any atom is 0.289 e. The van der Waals surface area contributed by atoms with E-state index in [4.69, 9.17) is 10.2 Å². The van der Waals surface area contributed by atoms with Crippen molar-refractivity contribution in [2.45, 2.75) is 19.9 Å². The van der Waals surface area contributed by atoms with Gasteiger partial charge in [-0.05, 0) is 38.5 Å². The van der Waals surface area contributed by atoms with Crippen molar-refractivity contribution in [3.63, 3.8) is 0 Å². The van der Waals surface area contributed by atoms with Crippen LogP contribution >= 0.6 is 24.8 Å². The number of hydrogen-bond acceptors (Lipinski definition) is 4. The number of para-hydroxylation sites is 1. The maximum atomic E-state index is 13.0. The lowest BCUT2D eigenvalue weighted by atomic mass is 9.90. The van der Waals surface area contributed by atoms with Crippen LogP contribution < -0.4 is 5.73 Å². The van der Waals surface area contributed by atoms with E-state index in [0.29, 0.717) is 25.4 Å². The lowest BCUT2D eigenvalue weighted by Gasteiger charge is -2.22. The van der Waals surface area contributed by atoms with Crippen LogP contribution in [0.2, 0.25) is 0 Å². The molecule has 1 saturated heterocycles. The molecule has 1 aromatic heterocycles. The van der Waals surface area contributed by atoms with Crippen LogP contribution in [0.3, 0.4) is 0 Å². The van der Waals surface area contributed by atoms with E-state index in [9.17, 15) is 4.79 Å². The second kappa shape index (κ2) is 8.41. The fraction of sp³-hybridized carbons (Fsp3) is 0.500. The summed E-state index contributed by atoms with van der Waals surface area (Å²) in [6.45, 7) is 4.85. The van der Waals surface area contributed by atoms with Crippen LogP contribution in [0.4, 0.5) is 0 Å². The van der Waals surface area contributed by atoms with E-state index in [1.807, 2.05) is 43.3 Å². The molecule has 1 aromatic carbocycles. The predicted octanol–water partition coefficient (Wildman–Crippen LogP) is 3.15. The molecule has 3 rings (SSSR count). The zero-order chi connectivity index (χ0) is 16.6. The number of amides is 1. The van der Waals surface area contributed by atoms with Gasteiger partial charge < -0.3 is 20.0 Å². The molecule has 0 radical (unpaired) electrons. The number of carbonyl (C=O) groups excluding carboxylic acids is 1. The molecular formula is C18H27Cl2N3O2. The smallest absolute Gasteiger partial charge is 0.289 e. The molecule has 0 spiro atoms. The van der Waals surface area contributed by atoms with Gasteiger partial charge >= 0.3 is 0 Å². The lowest BCUT2D eigenvalue weighted by molar-refractivity contribution is 0.0745. The fourth-order valence-corrected chi connectivity index (χ4v) is 3.25. The number of halogens is 2. The molecule has 1 fully saturated rings. The molecule has 0 saturated carbocycles. The Morgan fingerprint density at radius 3 is 2.60 bits per heavy atom. The minimum atomic E-state index is -0.0183.